The Hall–Kier alpha value is -3.71. The van der Waals surface area contributed by atoms with Crippen LogP contribution in [0, 0.1) is 0 Å². The van der Waals surface area contributed by atoms with Crippen molar-refractivity contribution in [3.63, 3.8) is 0 Å². The Kier molecular flexibility index (Phi) is 7.73. The van der Waals surface area contributed by atoms with E-state index in [4.69, 9.17) is 9.47 Å². The number of ketones is 1. The van der Waals surface area contributed by atoms with Crippen LogP contribution in [0.3, 0.4) is 0 Å². The molecule has 0 N–H and O–H groups in total. The maximum absolute atomic E-state index is 12.8. The lowest BCUT2D eigenvalue weighted by molar-refractivity contribution is -0.146. The number of rotatable bonds is 10. The number of ether oxygens (including phenoxy) is 3. The average Bonchev–Trinajstić information content (AvgIpc) is 3.28. The second-order valence-electron chi connectivity index (χ2n) is 6.67. The minimum absolute atomic E-state index is 0.0688. The van der Waals surface area contributed by atoms with E-state index in [-0.39, 0.29) is 12.4 Å². The van der Waals surface area contributed by atoms with Gasteiger partial charge in [0.15, 0.2) is 5.82 Å². The van der Waals surface area contributed by atoms with Crippen molar-refractivity contribution in [3.05, 3.63) is 89.5 Å². The molecule has 0 saturated carbocycles. The molecule has 2 aromatic carbocycles. The molecule has 0 spiro atoms. The molecule has 0 amide bonds. The molecule has 0 aliphatic heterocycles. The summed E-state index contributed by atoms with van der Waals surface area (Å²) in [5.41, 5.74) is 2.53. The van der Waals surface area contributed by atoms with Gasteiger partial charge in [-0.1, -0.05) is 36.4 Å². The maximum atomic E-state index is 12.8. The van der Waals surface area contributed by atoms with Gasteiger partial charge in [0.05, 0.1) is 20.8 Å². The van der Waals surface area contributed by atoms with Crippen molar-refractivity contribution in [1.29, 1.82) is 0 Å². The largest absolute Gasteiger partial charge is 0.497 e. The van der Waals surface area contributed by atoms with Crippen LogP contribution < -0.4 is 4.74 Å². The first kappa shape index (κ1) is 22.0. The van der Waals surface area contributed by atoms with Gasteiger partial charge >= 0.3 is 5.97 Å². The number of imidazole rings is 1. The molecule has 3 aromatic rings. The lowest BCUT2D eigenvalue weighted by Crippen LogP contribution is -2.10. The lowest BCUT2D eigenvalue weighted by atomic mass is 10.1. The van der Waals surface area contributed by atoms with E-state index in [9.17, 15) is 9.59 Å². The number of aromatic nitrogens is 2. The molecule has 0 fully saturated rings. The predicted molar refractivity (Wildman–Crippen MR) is 116 cm³/mol. The Labute approximate surface area is 180 Å². The zero-order chi connectivity index (χ0) is 22.1. The number of allylic oxidation sites excluding steroid dienone is 1. The van der Waals surface area contributed by atoms with Crippen molar-refractivity contribution in [2.45, 2.75) is 13.2 Å². The topological polar surface area (TPSA) is 79.7 Å². The van der Waals surface area contributed by atoms with Crippen LogP contribution in [0.25, 0.3) is 6.08 Å². The molecule has 0 radical (unpaired) electrons. The molecule has 7 nitrogen and oxygen atoms in total. The van der Waals surface area contributed by atoms with Gasteiger partial charge in [-0.3, -0.25) is 4.79 Å². The number of esters is 1. The lowest BCUT2D eigenvalue weighted by Gasteiger charge is -2.06. The van der Waals surface area contributed by atoms with Gasteiger partial charge in [0.1, 0.15) is 12.4 Å². The van der Waals surface area contributed by atoms with Crippen LogP contribution in [0.4, 0.5) is 0 Å². The van der Waals surface area contributed by atoms with Crippen LogP contribution in [0.2, 0.25) is 0 Å². The summed E-state index contributed by atoms with van der Waals surface area (Å²) in [7, 11) is 2.91. The molecule has 1 heterocycles. The molecule has 0 atom stereocenters. The van der Waals surface area contributed by atoms with E-state index in [1.807, 2.05) is 36.4 Å². The van der Waals surface area contributed by atoms with Crippen LogP contribution >= 0.6 is 0 Å². The quantitative estimate of drug-likeness (QED) is 0.369. The summed E-state index contributed by atoms with van der Waals surface area (Å²) in [6.45, 7) is 0.785. The van der Waals surface area contributed by atoms with Gasteiger partial charge < -0.3 is 18.8 Å². The van der Waals surface area contributed by atoms with Crippen LogP contribution in [0.1, 0.15) is 27.3 Å². The molecular weight excluding hydrogens is 396 g/mol. The summed E-state index contributed by atoms with van der Waals surface area (Å²) in [6, 6.07) is 14.8. The highest BCUT2D eigenvalue weighted by Gasteiger charge is 2.14. The molecule has 0 aliphatic carbocycles. The fourth-order valence-electron chi connectivity index (χ4n) is 2.88. The van der Waals surface area contributed by atoms with Crippen LogP contribution in [-0.4, -0.2) is 42.1 Å². The first-order valence-corrected chi connectivity index (χ1v) is 9.70. The van der Waals surface area contributed by atoms with Crippen molar-refractivity contribution < 1.29 is 23.8 Å². The minimum Gasteiger partial charge on any atom is -0.497 e. The van der Waals surface area contributed by atoms with Crippen molar-refractivity contribution in [3.8, 4) is 5.75 Å². The van der Waals surface area contributed by atoms with Crippen molar-refractivity contribution >= 4 is 17.8 Å². The third-order valence-corrected chi connectivity index (χ3v) is 4.58. The third kappa shape index (κ3) is 6.13. The van der Waals surface area contributed by atoms with Crippen LogP contribution in [-0.2, 0) is 27.4 Å². The highest BCUT2D eigenvalue weighted by Crippen LogP contribution is 2.15. The number of nitrogens with zero attached hydrogens (tertiary/aromatic N) is 2. The van der Waals surface area contributed by atoms with E-state index < -0.39 is 5.97 Å². The standard InChI is InChI=1S/C24H24N2O5/c1-29-21-11-9-20(10-12-21)23(28)24-25-13-15-26(24)14-3-4-18-5-7-19(8-6-18)16-31-17-22(27)30-2/h3-13,15H,14,16-17H2,1-2H3/b4-3+. The number of carbonyl (C=O) groups is 2. The number of benzene rings is 2. The molecule has 7 heteroatoms. The van der Waals surface area contributed by atoms with Gasteiger partial charge in [-0.05, 0) is 35.4 Å². The molecule has 0 aliphatic rings. The van der Waals surface area contributed by atoms with E-state index in [0.717, 1.165) is 11.1 Å². The molecule has 3 rings (SSSR count). The summed E-state index contributed by atoms with van der Waals surface area (Å²) >= 11 is 0. The first-order valence-electron chi connectivity index (χ1n) is 9.70. The molecule has 1 aromatic heterocycles. The summed E-state index contributed by atoms with van der Waals surface area (Å²) < 4.78 is 16.8. The van der Waals surface area contributed by atoms with Crippen molar-refractivity contribution in [1.82, 2.24) is 9.55 Å². The number of methoxy groups -OCH3 is 2. The van der Waals surface area contributed by atoms with Crippen LogP contribution in [0.15, 0.2) is 67.0 Å². The van der Waals surface area contributed by atoms with Gasteiger partial charge in [0.2, 0.25) is 5.78 Å². The summed E-state index contributed by atoms with van der Waals surface area (Å²) in [5.74, 6) is 0.540. The summed E-state index contributed by atoms with van der Waals surface area (Å²) in [6.07, 6.45) is 7.34. The normalized spacial score (nSPS) is 10.9. The fraction of sp³-hybridized carbons (Fsp3) is 0.208. The van der Waals surface area contributed by atoms with E-state index in [0.29, 0.717) is 30.3 Å². The zero-order valence-corrected chi connectivity index (χ0v) is 17.5. The molecule has 0 bridgehead atoms. The Bertz CT molecular complexity index is 1040. The van der Waals surface area contributed by atoms with Gasteiger partial charge in [0.25, 0.3) is 0 Å². The number of hydrogen-bond donors (Lipinski definition) is 0. The maximum Gasteiger partial charge on any atom is 0.331 e. The predicted octanol–water partition coefficient (Wildman–Crippen LogP) is 3.53. The SMILES string of the molecule is COC(=O)COCc1ccc(/C=C/Cn2ccnc2C(=O)c2ccc(OC)cc2)cc1. The van der Waals surface area contributed by atoms with E-state index in [1.54, 1.807) is 48.3 Å². The van der Waals surface area contributed by atoms with E-state index in [2.05, 4.69) is 9.72 Å². The van der Waals surface area contributed by atoms with Gasteiger partial charge in [-0.15, -0.1) is 0 Å². The molecule has 160 valence electrons. The highest BCUT2D eigenvalue weighted by molar-refractivity contribution is 6.06. The first-order chi connectivity index (χ1) is 15.1. The Balaban J connectivity index is 1.57. The third-order valence-electron chi connectivity index (χ3n) is 4.58. The van der Waals surface area contributed by atoms with E-state index >= 15 is 0 Å². The second-order valence-corrected chi connectivity index (χ2v) is 6.67. The fourth-order valence-corrected chi connectivity index (χ4v) is 2.88. The summed E-state index contributed by atoms with van der Waals surface area (Å²) in [5, 5.41) is 0. The number of carbonyl (C=O) groups excluding carboxylic acids is 2. The van der Waals surface area contributed by atoms with Gasteiger partial charge in [0, 0.05) is 24.5 Å². The van der Waals surface area contributed by atoms with Gasteiger partial charge in [-0.25, -0.2) is 9.78 Å². The van der Waals surface area contributed by atoms with E-state index in [1.165, 1.54) is 7.11 Å². The zero-order valence-electron chi connectivity index (χ0n) is 17.5. The second kappa shape index (κ2) is 10.9. The van der Waals surface area contributed by atoms with Crippen LogP contribution in [0.5, 0.6) is 5.75 Å². The number of hydrogen-bond acceptors (Lipinski definition) is 6. The summed E-state index contributed by atoms with van der Waals surface area (Å²) in [4.78, 5) is 28.0. The Morgan fingerprint density at radius 3 is 2.45 bits per heavy atom. The molecule has 31 heavy (non-hydrogen) atoms. The van der Waals surface area contributed by atoms with Crippen molar-refractivity contribution in [2.75, 3.05) is 20.8 Å². The highest BCUT2D eigenvalue weighted by atomic mass is 16.6. The molecule has 0 saturated heterocycles. The molecule has 0 unspecified atom stereocenters. The van der Waals surface area contributed by atoms with Crippen molar-refractivity contribution in [2.24, 2.45) is 0 Å². The Morgan fingerprint density at radius 1 is 1.03 bits per heavy atom. The Morgan fingerprint density at radius 2 is 1.77 bits per heavy atom. The minimum atomic E-state index is -0.399. The smallest absolute Gasteiger partial charge is 0.331 e. The van der Waals surface area contributed by atoms with Gasteiger partial charge in [-0.2, -0.15) is 0 Å². The molecular formula is C24H24N2O5. The monoisotopic (exact) mass is 420 g/mol. The average molecular weight is 420 g/mol.